The number of hydrogen-bond acceptors (Lipinski definition) is 3. The van der Waals surface area contributed by atoms with Crippen LogP contribution >= 0.6 is 15.9 Å². The number of unbranched alkanes of at least 4 members (excludes halogenated alkanes) is 1. The van der Waals surface area contributed by atoms with Gasteiger partial charge in [-0.3, -0.25) is 4.90 Å². The van der Waals surface area contributed by atoms with Gasteiger partial charge in [0.15, 0.2) is 6.23 Å². The molecule has 2 bridgehead atoms. The Morgan fingerprint density at radius 2 is 2.12 bits per heavy atom. The molecule has 2 heterocycles. The van der Waals surface area contributed by atoms with Gasteiger partial charge in [-0.15, -0.1) is 0 Å². The van der Waals surface area contributed by atoms with Gasteiger partial charge in [-0.2, -0.15) is 0 Å². The van der Waals surface area contributed by atoms with E-state index < -0.39 is 0 Å². The van der Waals surface area contributed by atoms with Gasteiger partial charge in [0.2, 0.25) is 0 Å². The fourth-order valence-corrected chi connectivity index (χ4v) is 6.03. The maximum Gasteiger partial charge on any atom is 0.154 e. The molecule has 3 aliphatic rings. The average molecular weight is 393 g/mol. The summed E-state index contributed by atoms with van der Waals surface area (Å²) in [6.07, 6.45) is 5.44. The topological polar surface area (TPSA) is 25.4 Å². The van der Waals surface area contributed by atoms with Crippen LogP contribution in [0.5, 0.6) is 0 Å². The van der Waals surface area contributed by atoms with Gasteiger partial charge in [-0.25, -0.2) is 4.98 Å². The van der Waals surface area contributed by atoms with Crippen molar-refractivity contribution in [2.24, 2.45) is 16.7 Å². The highest BCUT2D eigenvalue weighted by atomic mass is 79.9. The minimum Gasteiger partial charge on any atom is -0.352 e. The predicted molar refractivity (Wildman–Crippen MR) is 99.6 cm³/mol. The summed E-state index contributed by atoms with van der Waals surface area (Å²) in [5, 5.41) is 0. The Morgan fingerprint density at radius 3 is 2.83 bits per heavy atom. The number of fused-ring (bicyclic) bond motifs is 5. The molecule has 0 aromatic carbocycles. The Hall–Kier alpha value is -0.450. The molecule has 24 heavy (non-hydrogen) atoms. The van der Waals surface area contributed by atoms with E-state index in [4.69, 9.17) is 9.72 Å². The summed E-state index contributed by atoms with van der Waals surface area (Å²) in [5.41, 5.74) is 1.70. The number of halogens is 1. The third-order valence-corrected chi connectivity index (χ3v) is 7.88. The van der Waals surface area contributed by atoms with E-state index in [1.54, 1.807) is 0 Å². The summed E-state index contributed by atoms with van der Waals surface area (Å²) in [4.78, 5) is 7.36. The minimum atomic E-state index is 0.0140. The summed E-state index contributed by atoms with van der Waals surface area (Å²) in [6.45, 7) is 10.8. The third kappa shape index (κ3) is 2.18. The van der Waals surface area contributed by atoms with Crippen molar-refractivity contribution in [1.82, 2.24) is 9.88 Å². The maximum absolute atomic E-state index is 6.75. The zero-order valence-electron chi connectivity index (χ0n) is 15.3. The van der Waals surface area contributed by atoms with Crippen molar-refractivity contribution in [3.05, 3.63) is 28.5 Å². The van der Waals surface area contributed by atoms with Gasteiger partial charge in [0, 0.05) is 18.0 Å². The first-order valence-corrected chi connectivity index (χ1v) is 10.2. The van der Waals surface area contributed by atoms with Crippen LogP contribution in [0.1, 0.15) is 65.3 Å². The summed E-state index contributed by atoms with van der Waals surface area (Å²) in [5.74, 6) is 0.738. The fraction of sp³-hybridized carbons (Fsp3) is 0.750. The number of aromatic nitrogens is 1. The van der Waals surface area contributed by atoms with Crippen molar-refractivity contribution < 1.29 is 4.74 Å². The molecule has 0 spiro atoms. The SMILES string of the molecule is CCCCN1[C@H]2[C@@H](O[C@@H]1c1cccc(Br)n1)[C@]1(C)CC[C@@H]2C1(C)C. The van der Waals surface area contributed by atoms with Crippen LogP contribution in [0, 0.1) is 16.7 Å². The van der Waals surface area contributed by atoms with Gasteiger partial charge in [-0.1, -0.05) is 40.2 Å². The largest absolute Gasteiger partial charge is 0.352 e. The Labute approximate surface area is 154 Å². The van der Waals surface area contributed by atoms with Crippen LogP contribution in [0.3, 0.4) is 0 Å². The zero-order valence-corrected chi connectivity index (χ0v) is 16.8. The van der Waals surface area contributed by atoms with Gasteiger partial charge in [-0.05, 0) is 58.7 Å². The van der Waals surface area contributed by atoms with Crippen LogP contribution < -0.4 is 0 Å². The Balaban J connectivity index is 1.71. The lowest BCUT2D eigenvalue weighted by Gasteiger charge is -2.38. The number of ether oxygens (including phenoxy) is 1. The lowest BCUT2D eigenvalue weighted by Crippen LogP contribution is -2.42. The molecule has 4 rings (SSSR count). The van der Waals surface area contributed by atoms with Crippen molar-refractivity contribution in [3.8, 4) is 0 Å². The fourth-order valence-electron chi connectivity index (χ4n) is 5.67. The highest BCUT2D eigenvalue weighted by molar-refractivity contribution is 9.10. The quantitative estimate of drug-likeness (QED) is 0.660. The van der Waals surface area contributed by atoms with Crippen LogP contribution in [-0.4, -0.2) is 28.6 Å². The summed E-state index contributed by atoms with van der Waals surface area (Å²) in [6, 6.07) is 6.73. The molecule has 3 fully saturated rings. The molecular weight excluding hydrogens is 364 g/mol. The molecule has 3 nitrogen and oxygen atoms in total. The van der Waals surface area contributed by atoms with Crippen LogP contribution in [0.4, 0.5) is 0 Å². The number of pyridine rings is 1. The van der Waals surface area contributed by atoms with E-state index in [2.05, 4.69) is 60.7 Å². The van der Waals surface area contributed by atoms with Crippen molar-refractivity contribution in [1.29, 1.82) is 0 Å². The molecule has 0 unspecified atom stereocenters. The molecule has 1 aromatic heterocycles. The molecule has 1 saturated heterocycles. The van der Waals surface area contributed by atoms with Crippen molar-refractivity contribution >= 4 is 15.9 Å². The minimum absolute atomic E-state index is 0.0140. The van der Waals surface area contributed by atoms with E-state index in [9.17, 15) is 0 Å². The van der Waals surface area contributed by atoms with E-state index in [-0.39, 0.29) is 11.6 Å². The molecule has 1 aromatic rings. The van der Waals surface area contributed by atoms with E-state index in [1.807, 2.05) is 6.07 Å². The Morgan fingerprint density at radius 1 is 1.33 bits per heavy atom. The molecule has 2 aliphatic carbocycles. The molecule has 2 saturated carbocycles. The maximum atomic E-state index is 6.75. The zero-order chi connectivity index (χ0) is 17.1. The van der Waals surface area contributed by atoms with E-state index >= 15 is 0 Å². The molecule has 5 atom stereocenters. The monoisotopic (exact) mass is 392 g/mol. The number of hydrogen-bond donors (Lipinski definition) is 0. The highest BCUT2D eigenvalue weighted by Gasteiger charge is 2.71. The van der Waals surface area contributed by atoms with Crippen molar-refractivity contribution in [2.75, 3.05) is 6.54 Å². The Kier molecular flexibility index (Phi) is 4.09. The summed E-state index contributed by atoms with van der Waals surface area (Å²) in [7, 11) is 0. The van der Waals surface area contributed by atoms with Crippen LogP contribution in [-0.2, 0) is 4.74 Å². The van der Waals surface area contributed by atoms with Crippen LogP contribution in [0.2, 0.25) is 0 Å². The number of nitrogens with zero attached hydrogens (tertiary/aromatic N) is 2. The second kappa shape index (κ2) is 5.78. The molecule has 1 aliphatic heterocycles. The second-order valence-electron chi connectivity index (χ2n) is 8.66. The van der Waals surface area contributed by atoms with E-state index in [0.29, 0.717) is 17.6 Å². The van der Waals surface area contributed by atoms with E-state index in [1.165, 1.54) is 25.7 Å². The average Bonchev–Trinajstić information content (AvgIpc) is 3.08. The predicted octanol–water partition coefficient (Wildman–Crippen LogP) is 5.17. The second-order valence-corrected chi connectivity index (χ2v) is 9.47. The van der Waals surface area contributed by atoms with Crippen molar-refractivity contribution in [2.45, 2.75) is 71.8 Å². The molecule has 0 amide bonds. The lowest BCUT2D eigenvalue weighted by molar-refractivity contribution is -0.0755. The summed E-state index contributed by atoms with van der Waals surface area (Å²) < 4.78 is 7.65. The van der Waals surface area contributed by atoms with Gasteiger partial charge in [0.25, 0.3) is 0 Å². The summed E-state index contributed by atoms with van der Waals surface area (Å²) >= 11 is 3.52. The van der Waals surface area contributed by atoms with E-state index in [0.717, 1.165) is 22.8 Å². The van der Waals surface area contributed by atoms with Gasteiger partial charge >= 0.3 is 0 Å². The van der Waals surface area contributed by atoms with Gasteiger partial charge in [0.1, 0.15) is 4.60 Å². The smallest absolute Gasteiger partial charge is 0.154 e. The Bertz CT molecular complexity index is 634. The molecular formula is C20H29BrN2O. The first-order valence-electron chi connectivity index (χ1n) is 9.44. The first kappa shape index (κ1) is 17.0. The first-order chi connectivity index (χ1) is 11.4. The third-order valence-electron chi connectivity index (χ3n) is 7.44. The van der Waals surface area contributed by atoms with Gasteiger partial charge in [0.05, 0.1) is 11.8 Å². The molecule has 132 valence electrons. The van der Waals surface area contributed by atoms with Gasteiger partial charge < -0.3 is 4.74 Å². The van der Waals surface area contributed by atoms with Crippen LogP contribution in [0.15, 0.2) is 22.8 Å². The molecule has 0 N–H and O–H groups in total. The highest BCUT2D eigenvalue weighted by Crippen LogP contribution is 2.70. The molecule has 0 radical (unpaired) electrons. The number of rotatable bonds is 4. The normalized spacial score (nSPS) is 40.2. The molecule has 4 heteroatoms. The standard InChI is InChI=1S/C20H29BrN2O/c1-5-6-12-23-16-13-10-11-20(4,19(13,2)3)17(16)24-18(23)14-8-7-9-15(21)22-14/h7-9,13,16-18H,5-6,10-12H2,1-4H3/t13-,16+,17+,18+,20-/m0/s1. The lowest BCUT2D eigenvalue weighted by atomic mass is 9.70. The van der Waals surface area contributed by atoms with Crippen LogP contribution in [0.25, 0.3) is 0 Å². The van der Waals surface area contributed by atoms with Crippen molar-refractivity contribution in [3.63, 3.8) is 0 Å².